The number of primary amides is 1. The van der Waals surface area contributed by atoms with Crippen LogP contribution in [-0.4, -0.2) is 49.1 Å². The number of halogens is 1. The predicted octanol–water partition coefficient (Wildman–Crippen LogP) is 2.48. The first-order chi connectivity index (χ1) is 12.5. The number of hydrogen-bond donors (Lipinski definition) is 1. The summed E-state index contributed by atoms with van der Waals surface area (Å²) in [5.74, 6) is 0.411. The molecule has 6 nitrogen and oxygen atoms in total. The Hall–Kier alpha value is -1.79. The Labute approximate surface area is 158 Å². The largest absolute Gasteiger partial charge is 0.483 e. The minimum Gasteiger partial charge on any atom is -0.483 e. The molecular formula is C19H25ClN2O4. The summed E-state index contributed by atoms with van der Waals surface area (Å²) in [6.07, 6.45) is 5.17. The number of carbonyl (C=O) groups excluding carboxylic acids is 2. The number of benzene rings is 1. The first-order valence-electron chi connectivity index (χ1n) is 9.15. The fraction of sp³-hybridized carbons (Fsp3) is 0.579. The third kappa shape index (κ3) is 4.68. The van der Waals surface area contributed by atoms with Crippen LogP contribution in [0.2, 0.25) is 5.02 Å². The SMILES string of the molecule is NC(=O)C1CN(C(=O)COc2ccc(Cl)cc2C2CCCCC2)CCO1. The first kappa shape index (κ1) is 19.0. The van der Waals surface area contributed by atoms with Crippen LogP contribution in [0.3, 0.4) is 0 Å². The number of carbonyl (C=O) groups is 2. The molecule has 1 saturated heterocycles. The lowest BCUT2D eigenvalue weighted by molar-refractivity contribution is -0.146. The van der Waals surface area contributed by atoms with Gasteiger partial charge in [0.05, 0.1) is 13.2 Å². The smallest absolute Gasteiger partial charge is 0.260 e. The lowest BCUT2D eigenvalue weighted by Crippen LogP contribution is -2.51. The second-order valence-corrected chi connectivity index (χ2v) is 7.34. The highest BCUT2D eigenvalue weighted by Gasteiger charge is 2.28. The van der Waals surface area contributed by atoms with Crippen LogP contribution in [0.1, 0.15) is 43.6 Å². The van der Waals surface area contributed by atoms with Gasteiger partial charge >= 0.3 is 0 Å². The topological polar surface area (TPSA) is 81.9 Å². The van der Waals surface area contributed by atoms with Crippen LogP contribution in [0, 0.1) is 0 Å². The number of nitrogens with zero attached hydrogens (tertiary/aromatic N) is 1. The zero-order valence-corrected chi connectivity index (χ0v) is 15.5. The molecule has 1 aliphatic heterocycles. The minimum atomic E-state index is -0.749. The summed E-state index contributed by atoms with van der Waals surface area (Å²) in [5.41, 5.74) is 6.35. The van der Waals surface area contributed by atoms with Gasteiger partial charge in [0.15, 0.2) is 12.7 Å². The highest BCUT2D eigenvalue weighted by molar-refractivity contribution is 6.30. The standard InChI is InChI=1S/C19H25ClN2O4/c20-14-6-7-16(15(10-14)13-4-2-1-3-5-13)26-12-18(23)22-8-9-25-17(11-22)19(21)24/h6-7,10,13,17H,1-5,8-9,11-12H2,(H2,21,24). The highest BCUT2D eigenvalue weighted by atomic mass is 35.5. The van der Waals surface area contributed by atoms with E-state index in [1.54, 1.807) is 11.0 Å². The van der Waals surface area contributed by atoms with E-state index < -0.39 is 12.0 Å². The van der Waals surface area contributed by atoms with E-state index in [0.717, 1.165) is 24.2 Å². The average molecular weight is 381 g/mol. The average Bonchev–Trinajstić information content (AvgIpc) is 2.67. The molecule has 1 aromatic carbocycles. The first-order valence-corrected chi connectivity index (χ1v) is 9.53. The molecule has 2 aliphatic rings. The molecule has 142 valence electrons. The van der Waals surface area contributed by atoms with Gasteiger partial charge < -0.3 is 20.1 Å². The van der Waals surface area contributed by atoms with Crippen LogP contribution in [0.25, 0.3) is 0 Å². The number of rotatable bonds is 5. The number of ether oxygens (including phenoxy) is 2. The van der Waals surface area contributed by atoms with Crippen molar-refractivity contribution in [1.29, 1.82) is 0 Å². The van der Waals surface area contributed by atoms with Gasteiger partial charge in [-0.3, -0.25) is 9.59 Å². The molecule has 2 fully saturated rings. The summed E-state index contributed by atoms with van der Waals surface area (Å²) < 4.78 is 11.1. The van der Waals surface area contributed by atoms with Crippen molar-refractivity contribution < 1.29 is 19.1 Å². The van der Waals surface area contributed by atoms with E-state index in [2.05, 4.69) is 0 Å². The van der Waals surface area contributed by atoms with Crippen LogP contribution in [0.5, 0.6) is 5.75 Å². The van der Waals surface area contributed by atoms with E-state index in [4.69, 9.17) is 26.8 Å². The van der Waals surface area contributed by atoms with Crippen molar-refractivity contribution in [2.24, 2.45) is 5.73 Å². The fourth-order valence-electron chi connectivity index (χ4n) is 3.66. The van der Waals surface area contributed by atoms with Crippen molar-refractivity contribution in [3.63, 3.8) is 0 Å². The molecule has 0 bridgehead atoms. The summed E-state index contributed by atoms with van der Waals surface area (Å²) in [6.45, 7) is 0.830. The maximum absolute atomic E-state index is 12.5. The van der Waals surface area contributed by atoms with Crippen molar-refractivity contribution in [3.05, 3.63) is 28.8 Å². The van der Waals surface area contributed by atoms with E-state index in [-0.39, 0.29) is 19.1 Å². The van der Waals surface area contributed by atoms with Gasteiger partial charge in [-0.1, -0.05) is 30.9 Å². The molecule has 3 rings (SSSR count). The Balaban J connectivity index is 1.63. The molecule has 1 unspecified atom stereocenters. The molecule has 2 amide bonds. The fourth-order valence-corrected chi connectivity index (χ4v) is 3.84. The Morgan fingerprint density at radius 1 is 1.27 bits per heavy atom. The highest BCUT2D eigenvalue weighted by Crippen LogP contribution is 2.38. The summed E-state index contributed by atoms with van der Waals surface area (Å²) >= 11 is 6.18. The maximum Gasteiger partial charge on any atom is 0.260 e. The second-order valence-electron chi connectivity index (χ2n) is 6.91. The zero-order valence-electron chi connectivity index (χ0n) is 14.8. The molecule has 7 heteroatoms. The van der Waals surface area contributed by atoms with Gasteiger partial charge in [0, 0.05) is 11.6 Å². The van der Waals surface area contributed by atoms with Gasteiger partial charge in [-0.05, 0) is 42.5 Å². The zero-order chi connectivity index (χ0) is 18.5. The van der Waals surface area contributed by atoms with Crippen LogP contribution >= 0.6 is 11.6 Å². The van der Waals surface area contributed by atoms with Crippen molar-refractivity contribution in [1.82, 2.24) is 4.90 Å². The number of amides is 2. The number of hydrogen-bond acceptors (Lipinski definition) is 4. The van der Waals surface area contributed by atoms with Crippen LogP contribution in [0.15, 0.2) is 18.2 Å². The van der Waals surface area contributed by atoms with Gasteiger partial charge in [-0.15, -0.1) is 0 Å². The number of morpholine rings is 1. The third-order valence-corrected chi connectivity index (χ3v) is 5.34. The molecule has 0 spiro atoms. The molecule has 1 aromatic rings. The van der Waals surface area contributed by atoms with Crippen LogP contribution in [-0.2, 0) is 14.3 Å². The molecule has 26 heavy (non-hydrogen) atoms. The molecule has 1 aliphatic carbocycles. The van der Waals surface area contributed by atoms with Crippen LogP contribution in [0.4, 0.5) is 0 Å². The molecule has 1 heterocycles. The summed E-state index contributed by atoms with van der Waals surface area (Å²) in [7, 11) is 0. The van der Waals surface area contributed by atoms with E-state index in [0.29, 0.717) is 24.1 Å². The van der Waals surface area contributed by atoms with Crippen molar-refractivity contribution in [2.75, 3.05) is 26.3 Å². The monoisotopic (exact) mass is 380 g/mol. The second kappa shape index (κ2) is 8.73. The lowest BCUT2D eigenvalue weighted by Gasteiger charge is -2.31. The van der Waals surface area contributed by atoms with Gasteiger partial charge in [-0.2, -0.15) is 0 Å². The molecule has 2 N–H and O–H groups in total. The Morgan fingerprint density at radius 2 is 2.04 bits per heavy atom. The van der Waals surface area contributed by atoms with Crippen molar-refractivity contribution in [2.45, 2.75) is 44.1 Å². The third-order valence-electron chi connectivity index (χ3n) is 5.10. The Morgan fingerprint density at radius 3 is 2.77 bits per heavy atom. The quantitative estimate of drug-likeness (QED) is 0.850. The normalized spacial score (nSPS) is 21.4. The minimum absolute atomic E-state index is 0.0766. The maximum atomic E-state index is 12.5. The molecular weight excluding hydrogens is 356 g/mol. The van der Waals surface area contributed by atoms with Gasteiger partial charge in [0.1, 0.15) is 5.75 Å². The molecule has 0 aromatic heterocycles. The van der Waals surface area contributed by atoms with Gasteiger partial charge in [0.25, 0.3) is 5.91 Å². The number of nitrogens with two attached hydrogens (primary N) is 1. The predicted molar refractivity (Wildman–Crippen MR) is 98.3 cm³/mol. The van der Waals surface area contributed by atoms with Crippen LogP contribution < -0.4 is 10.5 Å². The van der Waals surface area contributed by atoms with Crippen molar-refractivity contribution in [3.8, 4) is 5.75 Å². The van der Waals surface area contributed by atoms with Crippen molar-refractivity contribution >= 4 is 23.4 Å². The summed E-state index contributed by atoms with van der Waals surface area (Å²) in [5, 5.41) is 0.682. The van der Waals surface area contributed by atoms with Gasteiger partial charge in [0.2, 0.25) is 5.91 Å². The molecule has 1 atom stereocenters. The molecule has 0 radical (unpaired) electrons. The van der Waals surface area contributed by atoms with Gasteiger partial charge in [-0.25, -0.2) is 0 Å². The van der Waals surface area contributed by atoms with E-state index in [9.17, 15) is 9.59 Å². The van der Waals surface area contributed by atoms with E-state index in [1.165, 1.54) is 19.3 Å². The van der Waals surface area contributed by atoms with E-state index in [1.807, 2.05) is 12.1 Å². The summed E-state index contributed by atoms with van der Waals surface area (Å²) in [6, 6.07) is 5.58. The molecule has 1 saturated carbocycles. The Bertz CT molecular complexity index is 661. The summed E-state index contributed by atoms with van der Waals surface area (Å²) in [4.78, 5) is 25.3. The lowest BCUT2D eigenvalue weighted by atomic mass is 9.84. The van der Waals surface area contributed by atoms with E-state index >= 15 is 0 Å². The Kier molecular flexibility index (Phi) is 6.38.